The van der Waals surface area contributed by atoms with Gasteiger partial charge in [0.1, 0.15) is 29.5 Å². The van der Waals surface area contributed by atoms with Crippen molar-refractivity contribution in [3.05, 3.63) is 35.5 Å². The van der Waals surface area contributed by atoms with Gasteiger partial charge in [0.2, 0.25) is 0 Å². The Kier molecular flexibility index (Phi) is 5.24. The molecule has 2 saturated heterocycles. The van der Waals surface area contributed by atoms with E-state index in [9.17, 15) is 4.79 Å². The minimum Gasteiger partial charge on any atom is -0.466 e. The minimum atomic E-state index is 0.0553. The maximum absolute atomic E-state index is 12.8. The molecule has 150 valence electrons. The molecule has 1 atom stereocenters. The Bertz CT molecular complexity index is 841. The van der Waals surface area contributed by atoms with E-state index in [1.165, 1.54) is 12.8 Å². The van der Waals surface area contributed by atoms with E-state index < -0.39 is 0 Å². The normalized spacial score (nSPS) is 20.5. The third kappa shape index (κ3) is 3.84. The van der Waals surface area contributed by atoms with Crippen LogP contribution in [0.25, 0.3) is 0 Å². The second kappa shape index (κ2) is 7.81. The molecule has 2 aliphatic rings. The van der Waals surface area contributed by atoms with Crippen molar-refractivity contribution >= 4 is 17.5 Å². The van der Waals surface area contributed by atoms with Gasteiger partial charge in [-0.3, -0.25) is 4.79 Å². The molecule has 7 heteroatoms. The molecule has 28 heavy (non-hydrogen) atoms. The minimum absolute atomic E-state index is 0.0553. The summed E-state index contributed by atoms with van der Waals surface area (Å²) < 4.78 is 5.52. The molecule has 4 rings (SSSR count). The van der Waals surface area contributed by atoms with E-state index in [0.717, 1.165) is 43.6 Å². The summed E-state index contributed by atoms with van der Waals surface area (Å²) in [5.41, 5.74) is 0.675. The molecule has 0 spiro atoms. The van der Waals surface area contributed by atoms with Crippen LogP contribution >= 0.6 is 0 Å². The Morgan fingerprint density at radius 1 is 1.04 bits per heavy atom. The number of nitrogens with zero attached hydrogens (tertiary/aromatic N) is 5. The highest BCUT2D eigenvalue weighted by atomic mass is 16.3. The number of piperidine rings is 1. The fraction of sp³-hybridized carbons (Fsp3) is 0.571. The number of amides is 1. The van der Waals surface area contributed by atoms with Gasteiger partial charge < -0.3 is 19.1 Å². The van der Waals surface area contributed by atoms with Crippen LogP contribution in [0.3, 0.4) is 0 Å². The van der Waals surface area contributed by atoms with Crippen molar-refractivity contribution in [2.24, 2.45) is 5.92 Å². The van der Waals surface area contributed by atoms with Crippen molar-refractivity contribution in [2.45, 2.75) is 33.6 Å². The molecule has 2 aliphatic heterocycles. The first-order valence-corrected chi connectivity index (χ1v) is 10.2. The molecular weight excluding hydrogens is 354 g/mol. The molecule has 0 aromatic carbocycles. The van der Waals surface area contributed by atoms with E-state index in [1.807, 2.05) is 24.8 Å². The number of rotatable bonds is 3. The van der Waals surface area contributed by atoms with Crippen molar-refractivity contribution in [1.82, 2.24) is 14.9 Å². The number of furan rings is 1. The molecule has 0 bridgehead atoms. The maximum atomic E-state index is 12.8. The molecule has 0 radical (unpaired) electrons. The van der Waals surface area contributed by atoms with E-state index >= 15 is 0 Å². The summed E-state index contributed by atoms with van der Waals surface area (Å²) in [6, 6.07) is 3.93. The predicted molar refractivity (Wildman–Crippen MR) is 109 cm³/mol. The first kappa shape index (κ1) is 18.8. The lowest BCUT2D eigenvalue weighted by Crippen LogP contribution is -2.49. The molecule has 4 heterocycles. The zero-order chi connectivity index (χ0) is 19.7. The molecule has 2 aromatic heterocycles. The van der Waals surface area contributed by atoms with Gasteiger partial charge in [-0.05, 0) is 38.7 Å². The van der Waals surface area contributed by atoms with Gasteiger partial charge in [-0.15, -0.1) is 0 Å². The first-order chi connectivity index (χ1) is 13.5. The fourth-order valence-corrected chi connectivity index (χ4v) is 4.23. The van der Waals surface area contributed by atoms with Gasteiger partial charge in [-0.1, -0.05) is 6.92 Å². The number of carbonyl (C=O) groups is 1. The second-order valence-corrected chi connectivity index (χ2v) is 8.03. The van der Waals surface area contributed by atoms with Gasteiger partial charge >= 0.3 is 0 Å². The van der Waals surface area contributed by atoms with Crippen LogP contribution in [-0.2, 0) is 0 Å². The van der Waals surface area contributed by atoms with Crippen molar-refractivity contribution in [3.63, 3.8) is 0 Å². The SMILES string of the molecule is Cc1cc(C(=O)N2CCN(c3cc(N4CCCC(C)C4)ncn3)CC2)c(C)o1. The third-order valence-electron chi connectivity index (χ3n) is 5.78. The maximum Gasteiger partial charge on any atom is 0.257 e. The highest BCUT2D eigenvalue weighted by molar-refractivity contribution is 5.95. The number of anilines is 2. The van der Waals surface area contributed by atoms with Gasteiger partial charge in [-0.25, -0.2) is 9.97 Å². The monoisotopic (exact) mass is 383 g/mol. The van der Waals surface area contributed by atoms with Crippen LogP contribution in [0.4, 0.5) is 11.6 Å². The van der Waals surface area contributed by atoms with Gasteiger partial charge in [0.25, 0.3) is 5.91 Å². The summed E-state index contributed by atoms with van der Waals surface area (Å²) in [5, 5.41) is 0. The van der Waals surface area contributed by atoms with E-state index in [1.54, 1.807) is 6.33 Å². The molecule has 0 saturated carbocycles. The first-order valence-electron chi connectivity index (χ1n) is 10.2. The van der Waals surface area contributed by atoms with Gasteiger partial charge in [0.15, 0.2) is 0 Å². The summed E-state index contributed by atoms with van der Waals surface area (Å²) in [4.78, 5) is 28.3. The zero-order valence-electron chi connectivity index (χ0n) is 17.0. The lowest BCUT2D eigenvalue weighted by molar-refractivity contribution is 0.0744. The summed E-state index contributed by atoms with van der Waals surface area (Å²) in [7, 11) is 0. The van der Waals surface area contributed by atoms with Gasteiger partial charge in [0.05, 0.1) is 5.56 Å². The molecule has 2 fully saturated rings. The summed E-state index contributed by atoms with van der Waals surface area (Å²) in [6.45, 7) is 11.1. The Morgan fingerprint density at radius 3 is 2.39 bits per heavy atom. The van der Waals surface area contributed by atoms with Gasteiger partial charge in [0, 0.05) is 45.3 Å². The summed E-state index contributed by atoms with van der Waals surface area (Å²) in [5.74, 6) is 4.20. The predicted octanol–water partition coefficient (Wildman–Crippen LogP) is 2.89. The molecule has 2 aromatic rings. The number of aromatic nitrogens is 2. The highest BCUT2D eigenvalue weighted by Crippen LogP contribution is 2.24. The van der Waals surface area contributed by atoms with Crippen molar-refractivity contribution in [1.29, 1.82) is 0 Å². The van der Waals surface area contributed by atoms with Crippen LogP contribution in [-0.4, -0.2) is 60.0 Å². The summed E-state index contributed by atoms with van der Waals surface area (Å²) >= 11 is 0. The number of hydrogen-bond acceptors (Lipinski definition) is 6. The number of hydrogen-bond donors (Lipinski definition) is 0. The topological polar surface area (TPSA) is 65.7 Å². The van der Waals surface area contributed by atoms with E-state index in [4.69, 9.17) is 4.42 Å². The number of aryl methyl sites for hydroxylation is 2. The van der Waals surface area contributed by atoms with Crippen LogP contribution in [0.5, 0.6) is 0 Å². The molecule has 7 nitrogen and oxygen atoms in total. The standard InChI is InChI=1S/C21H29N5O2/c1-15-5-4-6-26(13-15)20-12-19(22-14-23-20)24-7-9-25(10-8-24)21(27)18-11-16(2)28-17(18)3/h11-12,14-15H,4-10,13H2,1-3H3. The molecule has 0 N–H and O–H groups in total. The fourth-order valence-electron chi connectivity index (χ4n) is 4.23. The Hall–Kier alpha value is -2.57. The third-order valence-corrected chi connectivity index (χ3v) is 5.78. The Labute approximate surface area is 166 Å². The number of piperazine rings is 1. The molecule has 1 amide bonds. The van der Waals surface area contributed by atoms with Crippen LogP contribution in [0.15, 0.2) is 22.9 Å². The second-order valence-electron chi connectivity index (χ2n) is 8.03. The van der Waals surface area contributed by atoms with Crippen LogP contribution < -0.4 is 9.80 Å². The van der Waals surface area contributed by atoms with Crippen LogP contribution in [0, 0.1) is 19.8 Å². The van der Waals surface area contributed by atoms with E-state index in [-0.39, 0.29) is 5.91 Å². The Morgan fingerprint density at radius 2 is 1.75 bits per heavy atom. The smallest absolute Gasteiger partial charge is 0.257 e. The van der Waals surface area contributed by atoms with Crippen LogP contribution in [0.2, 0.25) is 0 Å². The van der Waals surface area contributed by atoms with E-state index in [2.05, 4.69) is 32.8 Å². The largest absolute Gasteiger partial charge is 0.466 e. The summed E-state index contributed by atoms with van der Waals surface area (Å²) in [6.07, 6.45) is 4.17. The Balaban J connectivity index is 1.40. The van der Waals surface area contributed by atoms with Crippen molar-refractivity contribution in [3.8, 4) is 0 Å². The zero-order valence-corrected chi connectivity index (χ0v) is 17.0. The lowest BCUT2D eigenvalue weighted by Gasteiger charge is -2.36. The molecular formula is C21H29N5O2. The molecule has 1 unspecified atom stereocenters. The van der Waals surface area contributed by atoms with Crippen molar-refractivity contribution in [2.75, 3.05) is 49.1 Å². The van der Waals surface area contributed by atoms with Crippen LogP contribution in [0.1, 0.15) is 41.6 Å². The quantitative estimate of drug-likeness (QED) is 0.812. The average molecular weight is 383 g/mol. The lowest BCUT2D eigenvalue weighted by atomic mass is 10.0. The highest BCUT2D eigenvalue weighted by Gasteiger charge is 2.26. The molecule has 0 aliphatic carbocycles. The van der Waals surface area contributed by atoms with Gasteiger partial charge in [-0.2, -0.15) is 0 Å². The van der Waals surface area contributed by atoms with E-state index in [0.29, 0.717) is 30.3 Å². The number of carbonyl (C=O) groups excluding carboxylic acids is 1. The average Bonchev–Trinajstić information content (AvgIpc) is 3.05. The van der Waals surface area contributed by atoms with Crippen molar-refractivity contribution < 1.29 is 9.21 Å².